The maximum absolute atomic E-state index is 13.8. The normalized spacial score (nSPS) is 10.7. The van der Waals surface area contributed by atoms with Crippen LogP contribution in [-0.4, -0.2) is 9.13 Å². The maximum Gasteiger partial charge on any atom is 0.336 e. The zero-order valence-electron chi connectivity index (χ0n) is 9.15. The van der Waals surface area contributed by atoms with E-state index in [1.807, 2.05) is 22.6 Å². The first kappa shape index (κ1) is 13.3. The van der Waals surface area contributed by atoms with Crippen molar-refractivity contribution < 1.29 is 4.39 Å². The molecule has 0 radical (unpaired) electrons. The van der Waals surface area contributed by atoms with Crippen molar-refractivity contribution in [2.24, 2.45) is 7.05 Å². The lowest BCUT2D eigenvalue weighted by molar-refractivity contribution is 0.606. The predicted octanol–water partition coefficient (Wildman–Crippen LogP) is 1.93. The third kappa shape index (κ3) is 2.22. The summed E-state index contributed by atoms with van der Waals surface area (Å²) in [5.41, 5.74) is -1.44. The third-order valence-corrected chi connectivity index (χ3v) is 3.45. The molecule has 0 aliphatic carbocycles. The molecule has 0 fully saturated rings. The van der Waals surface area contributed by atoms with Gasteiger partial charge in [-0.15, -0.1) is 0 Å². The number of rotatable bonds is 1. The Bertz CT molecular complexity index is 739. The molecule has 4 nitrogen and oxygen atoms in total. The summed E-state index contributed by atoms with van der Waals surface area (Å²) in [7, 11) is 1.41. The minimum absolute atomic E-state index is 0.00664. The number of aromatic nitrogens is 2. The fraction of sp³-hybridized carbons (Fsp3) is 0.0909. The molecule has 0 spiro atoms. The lowest BCUT2D eigenvalue weighted by Crippen LogP contribution is -2.37. The van der Waals surface area contributed by atoms with E-state index in [0.29, 0.717) is 3.57 Å². The third-order valence-electron chi connectivity index (χ3n) is 2.41. The minimum atomic E-state index is -0.687. The van der Waals surface area contributed by atoms with Crippen LogP contribution < -0.4 is 11.2 Å². The van der Waals surface area contributed by atoms with Crippen LogP contribution in [0, 0.1) is 9.39 Å². The Labute approximate surface area is 120 Å². The molecule has 18 heavy (non-hydrogen) atoms. The fourth-order valence-corrected chi connectivity index (χ4v) is 2.10. The zero-order valence-corrected chi connectivity index (χ0v) is 12.1. The summed E-state index contributed by atoms with van der Waals surface area (Å²) in [4.78, 5) is 23.7. The van der Waals surface area contributed by atoms with Crippen LogP contribution in [0.3, 0.4) is 0 Å². The van der Waals surface area contributed by atoms with E-state index in [2.05, 4.69) is 0 Å². The highest BCUT2D eigenvalue weighted by atomic mass is 127. The molecule has 7 heteroatoms. The number of benzene rings is 1. The first-order valence-electron chi connectivity index (χ1n) is 4.86. The number of nitrogens with zero attached hydrogens (tertiary/aromatic N) is 2. The van der Waals surface area contributed by atoms with E-state index in [4.69, 9.17) is 11.6 Å². The highest BCUT2D eigenvalue weighted by Gasteiger charge is 2.13. The zero-order chi connectivity index (χ0) is 13.4. The molecule has 0 saturated heterocycles. The SMILES string of the molecule is Cn1c(Cl)cc(=O)n(-c2ccc(I)cc2F)c1=O. The van der Waals surface area contributed by atoms with Gasteiger partial charge in [-0.2, -0.15) is 0 Å². The van der Waals surface area contributed by atoms with Gasteiger partial charge in [-0.05, 0) is 40.8 Å². The van der Waals surface area contributed by atoms with Gasteiger partial charge in [0.15, 0.2) is 0 Å². The van der Waals surface area contributed by atoms with Gasteiger partial charge in [-0.25, -0.2) is 13.8 Å². The van der Waals surface area contributed by atoms with Crippen LogP contribution in [0.2, 0.25) is 5.15 Å². The molecule has 94 valence electrons. The molecule has 0 bridgehead atoms. The predicted molar refractivity (Wildman–Crippen MR) is 75.0 cm³/mol. The Morgan fingerprint density at radius 3 is 2.56 bits per heavy atom. The Hall–Kier alpha value is -1.15. The topological polar surface area (TPSA) is 44.0 Å². The second kappa shape index (κ2) is 4.85. The van der Waals surface area contributed by atoms with Crippen molar-refractivity contribution in [1.82, 2.24) is 9.13 Å². The van der Waals surface area contributed by atoms with Gasteiger partial charge in [-0.1, -0.05) is 11.6 Å². The van der Waals surface area contributed by atoms with E-state index in [9.17, 15) is 14.0 Å². The Morgan fingerprint density at radius 1 is 1.28 bits per heavy atom. The van der Waals surface area contributed by atoms with Gasteiger partial charge >= 0.3 is 5.69 Å². The largest absolute Gasteiger partial charge is 0.336 e. The lowest BCUT2D eigenvalue weighted by Gasteiger charge is -2.09. The molecule has 1 aromatic heterocycles. The summed E-state index contributed by atoms with van der Waals surface area (Å²) in [6.45, 7) is 0. The monoisotopic (exact) mass is 380 g/mol. The highest BCUT2D eigenvalue weighted by molar-refractivity contribution is 14.1. The van der Waals surface area contributed by atoms with Crippen molar-refractivity contribution in [3.63, 3.8) is 0 Å². The molecular formula is C11H7ClFIN2O2. The molecule has 2 rings (SSSR count). The summed E-state index contributed by atoms with van der Waals surface area (Å²) < 4.78 is 16.3. The van der Waals surface area contributed by atoms with E-state index < -0.39 is 17.1 Å². The number of hydrogen-bond donors (Lipinski definition) is 0. The molecule has 0 amide bonds. The summed E-state index contributed by atoms with van der Waals surface area (Å²) in [5.74, 6) is -0.636. The van der Waals surface area contributed by atoms with Gasteiger partial charge in [0.1, 0.15) is 11.0 Å². The summed E-state index contributed by atoms with van der Waals surface area (Å²) in [6.07, 6.45) is 0. The van der Waals surface area contributed by atoms with Crippen LogP contribution in [-0.2, 0) is 7.05 Å². The van der Waals surface area contributed by atoms with Crippen LogP contribution >= 0.6 is 34.2 Å². The lowest BCUT2D eigenvalue weighted by atomic mass is 10.3. The van der Waals surface area contributed by atoms with Crippen LogP contribution in [0.1, 0.15) is 0 Å². The molecule has 1 heterocycles. The number of hydrogen-bond acceptors (Lipinski definition) is 2. The molecule has 0 unspecified atom stereocenters. The minimum Gasteiger partial charge on any atom is -0.287 e. The van der Waals surface area contributed by atoms with Crippen molar-refractivity contribution in [2.75, 3.05) is 0 Å². The maximum atomic E-state index is 13.8. The summed E-state index contributed by atoms with van der Waals surface area (Å²) in [6, 6.07) is 5.31. The quantitative estimate of drug-likeness (QED) is 0.561. The second-order valence-corrected chi connectivity index (χ2v) is 5.21. The van der Waals surface area contributed by atoms with Gasteiger partial charge in [0.05, 0.1) is 5.69 Å². The Morgan fingerprint density at radius 2 is 1.94 bits per heavy atom. The molecule has 0 N–H and O–H groups in total. The molecule has 0 atom stereocenters. The molecule has 2 aromatic rings. The summed E-state index contributed by atoms with van der Waals surface area (Å²) in [5, 5.41) is 0.00664. The Kier molecular flexibility index (Phi) is 3.58. The number of halogens is 3. The van der Waals surface area contributed by atoms with Crippen molar-refractivity contribution in [3.05, 3.63) is 59.6 Å². The van der Waals surface area contributed by atoms with E-state index in [-0.39, 0.29) is 10.8 Å². The van der Waals surface area contributed by atoms with Crippen LogP contribution in [0.15, 0.2) is 33.9 Å². The molecule has 0 saturated carbocycles. The van der Waals surface area contributed by atoms with Crippen LogP contribution in [0.5, 0.6) is 0 Å². The standard InChI is InChI=1S/C11H7ClFIN2O2/c1-15-9(12)5-10(17)16(11(15)18)8-3-2-6(14)4-7(8)13/h2-5H,1H3. The average Bonchev–Trinajstić information content (AvgIpc) is 2.29. The van der Waals surface area contributed by atoms with Gasteiger partial charge in [-0.3, -0.25) is 9.36 Å². The second-order valence-electron chi connectivity index (χ2n) is 3.58. The van der Waals surface area contributed by atoms with Crippen molar-refractivity contribution in [3.8, 4) is 5.69 Å². The van der Waals surface area contributed by atoms with Crippen molar-refractivity contribution in [1.29, 1.82) is 0 Å². The van der Waals surface area contributed by atoms with E-state index in [1.165, 1.54) is 19.2 Å². The van der Waals surface area contributed by atoms with Gasteiger partial charge in [0.2, 0.25) is 0 Å². The molecule has 0 aliphatic rings. The van der Waals surface area contributed by atoms with Crippen molar-refractivity contribution >= 4 is 34.2 Å². The van der Waals surface area contributed by atoms with Crippen molar-refractivity contribution in [2.45, 2.75) is 0 Å². The fourth-order valence-electron chi connectivity index (χ4n) is 1.48. The first-order valence-corrected chi connectivity index (χ1v) is 6.31. The molecule has 1 aromatic carbocycles. The average molecular weight is 381 g/mol. The summed E-state index contributed by atoms with van der Waals surface area (Å²) >= 11 is 7.64. The first-order chi connectivity index (χ1) is 8.41. The van der Waals surface area contributed by atoms with E-state index >= 15 is 0 Å². The molecule has 0 aliphatic heterocycles. The van der Waals surface area contributed by atoms with E-state index in [1.54, 1.807) is 6.07 Å². The highest BCUT2D eigenvalue weighted by Crippen LogP contribution is 2.14. The van der Waals surface area contributed by atoms with E-state index in [0.717, 1.165) is 15.2 Å². The van der Waals surface area contributed by atoms with Gasteiger partial charge < -0.3 is 0 Å². The molecular weight excluding hydrogens is 373 g/mol. The Balaban J connectivity index is 2.84. The smallest absolute Gasteiger partial charge is 0.287 e. The van der Waals surface area contributed by atoms with Gasteiger partial charge in [0.25, 0.3) is 5.56 Å². The van der Waals surface area contributed by atoms with Crippen LogP contribution in [0.4, 0.5) is 4.39 Å². The van der Waals surface area contributed by atoms with Crippen LogP contribution in [0.25, 0.3) is 5.69 Å². The van der Waals surface area contributed by atoms with Gasteiger partial charge in [0, 0.05) is 16.7 Å².